The molecule has 1 atom stereocenters. The second-order valence-electron chi connectivity index (χ2n) is 4.93. The third-order valence-corrected chi connectivity index (χ3v) is 2.92. The van der Waals surface area contributed by atoms with Gasteiger partial charge in [0.15, 0.2) is 0 Å². The van der Waals surface area contributed by atoms with E-state index >= 15 is 0 Å². The second-order valence-corrected chi connectivity index (χ2v) is 4.93. The van der Waals surface area contributed by atoms with Gasteiger partial charge in [-0.15, -0.1) is 0 Å². The van der Waals surface area contributed by atoms with Crippen molar-refractivity contribution in [2.75, 3.05) is 0 Å². The van der Waals surface area contributed by atoms with E-state index in [4.69, 9.17) is 10.5 Å². The molecular formula is C13H15F3N4. The van der Waals surface area contributed by atoms with E-state index in [0.717, 1.165) is 5.69 Å². The van der Waals surface area contributed by atoms with Gasteiger partial charge in [0, 0.05) is 18.7 Å². The van der Waals surface area contributed by atoms with Crippen LogP contribution in [0, 0.1) is 34.5 Å². The van der Waals surface area contributed by atoms with Crippen LogP contribution in [0.5, 0.6) is 0 Å². The number of nitriles is 2. The highest BCUT2D eigenvalue weighted by atomic mass is 19.4. The highest BCUT2D eigenvalue weighted by molar-refractivity contribution is 5.06. The van der Waals surface area contributed by atoms with Crippen LogP contribution in [0.3, 0.4) is 0 Å². The fourth-order valence-electron chi connectivity index (χ4n) is 1.85. The molecule has 1 heterocycles. The molecule has 0 spiro atoms. The first-order chi connectivity index (χ1) is 9.26. The number of rotatable bonds is 5. The van der Waals surface area contributed by atoms with Crippen LogP contribution >= 0.6 is 0 Å². The Morgan fingerprint density at radius 1 is 1.30 bits per heavy atom. The summed E-state index contributed by atoms with van der Waals surface area (Å²) >= 11 is 0. The van der Waals surface area contributed by atoms with Crippen LogP contribution in [-0.2, 0) is 6.54 Å². The lowest BCUT2D eigenvalue weighted by molar-refractivity contribution is -0.147. The van der Waals surface area contributed by atoms with Crippen LogP contribution < -0.4 is 0 Å². The van der Waals surface area contributed by atoms with Gasteiger partial charge in [-0.25, -0.2) is 0 Å². The van der Waals surface area contributed by atoms with Crippen LogP contribution in [0.25, 0.3) is 0 Å². The molecule has 0 fully saturated rings. The van der Waals surface area contributed by atoms with Crippen LogP contribution in [0.15, 0.2) is 12.3 Å². The van der Waals surface area contributed by atoms with Gasteiger partial charge in [-0.3, -0.25) is 4.68 Å². The number of halogens is 3. The normalized spacial score (nSPS) is 13.2. The summed E-state index contributed by atoms with van der Waals surface area (Å²) in [6.07, 6.45) is -4.01. The van der Waals surface area contributed by atoms with Crippen molar-refractivity contribution in [2.45, 2.75) is 38.9 Å². The van der Waals surface area contributed by atoms with E-state index in [1.807, 2.05) is 13.8 Å². The zero-order chi connectivity index (χ0) is 15.3. The predicted molar refractivity (Wildman–Crippen MR) is 65.2 cm³/mol. The minimum Gasteiger partial charge on any atom is -0.272 e. The molecule has 0 saturated carbocycles. The second kappa shape index (κ2) is 6.42. The number of hydrogen-bond donors (Lipinski definition) is 0. The first-order valence-electron chi connectivity index (χ1n) is 6.16. The van der Waals surface area contributed by atoms with Gasteiger partial charge >= 0.3 is 6.18 Å². The number of nitrogens with zero attached hydrogens (tertiary/aromatic N) is 4. The van der Waals surface area contributed by atoms with E-state index in [1.54, 1.807) is 24.4 Å². The fourth-order valence-corrected chi connectivity index (χ4v) is 1.85. The van der Waals surface area contributed by atoms with Gasteiger partial charge in [-0.05, 0) is 12.0 Å². The van der Waals surface area contributed by atoms with Crippen molar-refractivity contribution < 1.29 is 13.2 Å². The highest BCUT2D eigenvalue weighted by Gasteiger charge is 2.36. The molecule has 7 heteroatoms. The first-order valence-corrected chi connectivity index (χ1v) is 6.16. The van der Waals surface area contributed by atoms with Crippen molar-refractivity contribution in [1.29, 1.82) is 10.5 Å². The lowest BCUT2D eigenvalue weighted by Crippen LogP contribution is -2.25. The molecule has 1 aromatic rings. The van der Waals surface area contributed by atoms with Crippen molar-refractivity contribution in [1.82, 2.24) is 9.78 Å². The Hall–Kier alpha value is -2.02. The molecule has 1 unspecified atom stereocenters. The Balaban J connectivity index is 2.89. The smallest absolute Gasteiger partial charge is 0.272 e. The van der Waals surface area contributed by atoms with Crippen LogP contribution in [0.2, 0.25) is 0 Å². The van der Waals surface area contributed by atoms with Crippen molar-refractivity contribution >= 4 is 0 Å². The van der Waals surface area contributed by atoms with E-state index in [9.17, 15) is 13.2 Å². The van der Waals surface area contributed by atoms with Gasteiger partial charge in [-0.1, -0.05) is 13.8 Å². The Kier molecular flexibility index (Phi) is 5.15. The number of aromatic nitrogens is 2. The molecule has 0 aliphatic heterocycles. The number of hydrogen-bond acceptors (Lipinski definition) is 3. The van der Waals surface area contributed by atoms with Gasteiger partial charge in [-0.2, -0.15) is 28.8 Å². The van der Waals surface area contributed by atoms with E-state index in [2.05, 4.69) is 5.10 Å². The van der Waals surface area contributed by atoms with E-state index < -0.39 is 24.4 Å². The minimum atomic E-state index is -4.41. The molecule has 20 heavy (non-hydrogen) atoms. The van der Waals surface area contributed by atoms with E-state index in [0.29, 0.717) is 0 Å². The molecule has 0 aromatic carbocycles. The Morgan fingerprint density at radius 2 is 1.90 bits per heavy atom. The summed E-state index contributed by atoms with van der Waals surface area (Å²) in [5, 5.41) is 21.8. The summed E-state index contributed by atoms with van der Waals surface area (Å²) in [7, 11) is 0. The summed E-state index contributed by atoms with van der Waals surface area (Å²) < 4.78 is 38.9. The molecule has 0 N–H and O–H groups in total. The molecule has 0 radical (unpaired) electrons. The molecule has 0 aliphatic rings. The van der Waals surface area contributed by atoms with Crippen molar-refractivity contribution in [3.05, 3.63) is 18.0 Å². The summed E-state index contributed by atoms with van der Waals surface area (Å²) in [5.41, 5.74) is 0.765. The van der Waals surface area contributed by atoms with Gasteiger partial charge in [0.25, 0.3) is 0 Å². The lowest BCUT2D eigenvalue weighted by Gasteiger charge is -2.19. The molecule has 0 bridgehead atoms. The van der Waals surface area contributed by atoms with Crippen molar-refractivity contribution in [3.8, 4) is 12.1 Å². The fraction of sp³-hybridized carbons (Fsp3) is 0.615. The molecule has 0 aliphatic carbocycles. The van der Waals surface area contributed by atoms with Gasteiger partial charge in [0.2, 0.25) is 0 Å². The predicted octanol–water partition coefficient (Wildman–Crippen LogP) is 3.24. The number of alkyl halides is 3. The summed E-state index contributed by atoms with van der Waals surface area (Å²) in [6, 6.07) is 4.97. The Labute approximate surface area is 115 Å². The molecule has 1 rings (SSSR count). The quantitative estimate of drug-likeness (QED) is 0.833. The SMILES string of the molecule is CC(C)c1ccn(CC(CC(F)(F)F)C(C#N)C#N)n1. The largest absolute Gasteiger partial charge is 0.389 e. The summed E-state index contributed by atoms with van der Waals surface area (Å²) in [4.78, 5) is 0. The first kappa shape index (κ1) is 16.0. The van der Waals surface area contributed by atoms with E-state index in [1.165, 1.54) is 4.68 Å². The van der Waals surface area contributed by atoms with Gasteiger partial charge in [0.1, 0.15) is 5.92 Å². The van der Waals surface area contributed by atoms with Gasteiger partial charge < -0.3 is 0 Å². The molecule has 0 saturated heterocycles. The average molecular weight is 284 g/mol. The zero-order valence-corrected chi connectivity index (χ0v) is 11.2. The van der Waals surface area contributed by atoms with E-state index in [-0.39, 0.29) is 12.5 Å². The lowest BCUT2D eigenvalue weighted by atomic mass is 9.91. The zero-order valence-electron chi connectivity index (χ0n) is 11.2. The third-order valence-electron chi connectivity index (χ3n) is 2.92. The maximum absolute atomic E-state index is 12.5. The summed E-state index contributed by atoms with van der Waals surface area (Å²) in [5.74, 6) is -2.26. The maximum Gasteiger partial charge on any atom is 0.389 e. The van der Waals surface area contributed by atoms with Gasteiger partial charge in [0.05, 0.1) is 24.3 Å². The molecule has 108 valence electrons. The Bertz CT molecular complexity index is 505. The molecule has 0 amide bonds. The molecule has 4 nitrogen and oxygen atoms in total. The standard InChI is InChI=1S/C13H15F3N4/c1-9(2)12-3-4-20(19-12)8-10(5-13(14,15)16)11(6-17)7-18/h3-4,9-11H,5,8H2,1-2H3. The van der Waals surface area contributed by atoms with Crippen LogP contribution in [-0.4, -0.2) is 16.0 Å². The average Bonchev–Trinajstić information content (AvgIpc) is 2.77. The van der Waals surface area contributed by atoms with Crippen LogP contribution in [0.4, 0.5) is 13.2 Å². The topological polar surface area (TPSA) is 65.4 Å². The van der Waals surface area contributed by atoms with Crippen molar-refractivity contribution in [2.24, 2.45) is 11.8 Å². The summed E-state index contributed by atoms with van der Waals surface area (Å²) in [6.45, 7) is 3.75. The molecule has 1 aromatic heterocycles. The monoisotopic (exact) mass is 284 g/mol. The Morgan fingerprint density at radius 3 is 2.30 bits per heavy atom. The van der Waals surface area contributed by atoms with Crippen molar-refractivity contribution in [3.63, 3.8) is 0 Å². The van der Waals surface area contributed by atoms with Crippen LogP contribution in [0.1, 0.15) is 31.9 Å². The highest BCUT2D eigenvalue weighted by Crippen LogP contribution is 2.30. The third kappa shape index (κ3) is 4.58. The molecular weight excluding hydrogens is 269 g/mol. The maximum atomic E-state index is 12.5. The minimum absolute atomic E-state index is 0.0992.